The van der Waals surface area contributed by atoms with Crippen LogP contribution in [-0.2, 0) is 0 Å². The van der Waals surface area contributed by atoms with Crippen molar-refractivity contribution in [3.05, 3.63) is 77.5 Å². The summed E-state index contributed by atoms with van der Waals surface area (Å²) in [6, 6.07) is 16.3. The maximum absolute atomic E-state index is 12.7. The number of nitrogens with zero attached hydrogens (tertiary/aromatic N) is 2. The number of pyridine rings is 1. The van der Waals surface area contributed by atoms with E-state index in [1.807, 2.05) is 30.3 Å². The van der Waals surface area contributed by atoms with Gasteiger partial charge in [-0.15, -0.1) is 0 Å². The summed E-state index contributed by atoms with van der Waals surface area (Å²) in [5.74, 6) is -0.218. The number of fused-ring (bicyclic) bond motifs is 1. The first-order chi connectivity index (χ1) is 13.5. The van der Waals surface area contributed by atoms with Gasteiger partial charge in [-0.05, 0) is 30.7 Å². The molecule has 0 saturated carbocycles. The zero-order valence-electron chi connectivity index (χ0n) is 15.1. The number of benzene rings is 2. The monoisotopic (exact) mass is 371 g/mol. The van der Waals surface area contributed by atoms with Crippen molar-refractivity contribution in [1.29, 1.82) is 0 Å². The van der Waals surface area contributed by atoms with Gasteiger partial charge in [0.1, 0.15) is 5.82 Å². The van der Waals surface area contributed by atoms with Gasteiger partial charge in [0.05, 0.1) is 17.4 Å². The topological polar surface area (TPSA) is 114 Å². The number of H-pyrrole nitrogens is 1. The molecule has 2 heterocycles. The fraction of sp³-hybridized carbons (Fsp3) is 0.0476. The highest BCUT2D eigenvalue weighted by Gasteiger charge is 2.13. The normalized spacial score (nSPS) is 10.8. The van der Waals surface area contributed by atoms with Crippen molar-refractivity contribution in [2.45, 2.75) is 6.92 Å². The second kappa shape index (κ2) is 6.96. The molecule has 0 bridgehead atoms. The van der Waals surface area contributed by atoms with Gasteiger partial charge in [-0.2, -0.15) is 0 Å². The molecule has 0 unspecified atom stereocenters. The Labute approximate surface area is 160 Å². The summed E-state index contributed by atoms with van der Waals surface area (Å²) in [5, 5.41) is 2.81. The van der Waals surface area contributed by atoms with Crippen LogP contribution in [0, 0.1) is 6.92 Å². The van der Waals surface area contributed by atoms with Crippen molar-refractivity contribution in [2.24, 2.45) is 5.73 Å². The van der Waals surface area contributed by atoms with Gasteiger partial charge in [0, 0.05) is 16.7 Å². The van der Waals surface area contributed by atoms with Gasteiger partial charge in [-0.3, -0.25) is 9.59 Å². The third-order valence-electron chi connectivity index (χ3n) is 4.41. The number of aromatic nitrogens is 3. The molecule has 4 N–H and O–H groups in total. The molecule has 0 aliphatic heterocycles. The molecule has 0 saturated heterocycles. The molecule has 0 aliphatic rings. The molecular formula is C21H17N5O2. The number of primary amides is 1. The first-order valence-corrected chi connectivity index (χ1v) is 8.64. The standard InChI is InChI=1S/C21H17N5O2/c1-12-7-8-14(18(22)27)9-16(12)21(28)24-15-10-17-20(23-11-15)26-19(25-17)13-5-3-2-4-6-13/h2-11H,1H3,(H2,22,27)(H,24,28)(H,23,25,26). The number of imidazole rings is 1. The van der Waals surface area contributed by atoms with Gasteiger partial charge in [-0.25, -0.2) is 9.97 Å². The SMILES string of the molecule is Cc1ccc(C(N)=O)cc1C(=O)Nc1cnc2nc(-c3ccccc3)[nH]c2c1. The number of aryl methyl sites for hydroxylation is 1. The Balaban J connectivity index is 1.62. The van der Waals surface area contributed by atoms with Crippen LogP contribution in [0.3, 0.4) is 0 Å². The zero-order chi connectivity index (χ0) is 19.7. The number of rotatable bonds is 4. The molecule has 0 radical (unpaired) electrons. The summed E-state index contributed by atoms with van der Waals surface area (Å²) >= 11 is 0. The van der Waals surface area contributed by atoms with Crippen LogP contribution in [0.25, 0.3) is 22.6 Å². The number of nitrogens with one attached hydrogen (secondary N) is 2. The summed E-state index contributed by atoms with van der Waals surface area (Å²) < 4.78 is 0. The van der Waals surface area contributed by atoms with E-state index in [0.29, 0.717) is 28.2 Å². The van der Waals surface area contributed by atoms with Crippen molar-refractivity contribution in [3.63, 3.8) is 0 Å². The Hall–Kier alpha value is -4.00. The van der Waals surface area contributed by atoms with E-state index in [-0.39, 0.29) is 11.5 Å². The predicted octanol–water partition coefficient (Wildman–Crippen LogP) is 3.28. The highest BCUT2D eigenvalue weighted by atomic mass is 16.2. The maximum atomic E-state index is 12.7. The lowest BCUT2D eigenvalue weighted by Crippen LogP contribution is -2.16. The summed E-state index contributed by atoms with van der Waals surface area (Å²) in [7, 11) is 0. The number of amides is 2. The number of carbonyl (C=O) groups excluding carboxylic acids is 2. The third kappa shape index (κ3) is 3.33. The summed E-state index contributed by atoms with van der Waals surface area (Å²) in [4.78, 5) is 36.0. The third-order valence-corrected chi connectivity index (χ3v) is 4.41. The number of anilines is 1. The first-order valence-electron chi connectivity index (χ1n) is 8.64. The second-order valence-corrected chi connectivity index (χ2v) is 6.39. The van der Waals surface area contributed by atoms with Gasteiger partial charge in [0.25, 0.3) is 5.91 Å². The highest BCUT2D eigenvalue weighted by Crippen LogP contribution is 2.21. The van der Waals surface area contributed by atoms with E-state index in [0.717, 1.165) is 11.1 Å². The lowest BCUT2D eigenvalue weighted by Gasteiger charge is -2.08. The van der Waals surface area contributed by atoms with E-state index in [4.69, 9.17) is 5.73 Å². The van der Waals surface area contributed by atoms with Gasteiger partial charge in [0.2, 0.25) is 5.91 Å². The Bertz CT molecular complexity index is 1200. The van der Waals surface area contributed by atoms with Crippen LogP contribution in [0.2, 0.25) is 0 Å². The predicted molar refractivity (Wildman–Crippen MR) is 107 cm³/mol. The van der Waals surface area contributed by atoms with Crippen molar-refractivity contribution < 1.29 is 9.59 Å². The first kappa shape index (κ1) is 17.4. The van der Waals surface area contributed by atoms with E-state index in [1.54, 1.807) is 31.3 Å². The Kier molecular flexibility index (Phi) is 4.33. The minimum atomic E-state index is -0.581. The summed E-state index contributed by atoms with van der Waals surface area (Å²) in [6.07, 6.45) is 1.54. The highest BCUT2D eigenvalue weighted by molar-refractivity contribution is 6.07. The fourth-order valence-electron chi connectivity index (χ4n) is 2.92. The van der Waals surface area contributed by atoms with Gasteiger partial charge in [-0.1, -0.05) is 36.4 Å². The smallest absolute Gasteiger partial charge is 0.255 e. The molecule has 138 valence electrons. The van der Waals surface area contributed by atoms with Gasteiger partial charge >= 0.3 is 0 Å². The van der Waals surface area contributed by atoms with Crippen molar-refractivity contribution >= 4 is 28.7 Å². The van der Waals surface area contributed by atoms with Crippen LogP contribution in [-0.4, -0.2) is 26.8 Å². The lowest BCUT2D eigenvalue weighted by atomic mass is 10.0. The minimum Gasteiger partial charge on any atom is -0.366 e. The number of aromatic amines is 1. The van der Waals surface area contributed by atoms with Crippen molar-refractivity contribution in [1.82, 2.24) is 15.0 Å². The van der Waals surface area contributed by atoms with Crippen molar-refractivity contribution in [2.75, 3.05) is 5.32 Å². The quantitative estimate of drug-likeness (QED) is 0.511. The van der Waals surface area contributed by atoms with Crippen LogP contribution >= 0.6 is 0 Å². The molecule has 7 nitrogen and oxygen atoms in total. The van der Waals surface area contributed by atoms with Crippen LogP contribution < -0.4 is 11.1 Å². The maximum Gasteiger partial charge on any atom is 0.255 e. The Morgan fingerprint density at radius 3 is 2.61 bits per heavy atom. The molecule has 2 aromatic carbocycles. The van der Waals surface area contributed by atoms with E-state index in [1.165, 1.54) is 6.07 Å². The van der Waals surface area contributed by atoms with Crippen LogP contribution in [0.15, 0.2) is 60.8 Å². The summed E-state index contributed by atoms with van der Waals surface area (Å²) in [6.45, 7) is 1.79. The molecule has 28 heavy (non-hydrogen) atoms. The van der Waals surface area contributed by atoms with E-state index < -0.39 is 5.91 Å². The van der Waals surface area contributed by atoms with Crippen LogP contribution in [0.5, 0.6) is 0 Å². The molecule has 0 fully saturated rings. The van der Waals surface area contributed by atoms with E-state index in [9.17, 15) is 9.59 Å². The molecule has 4 rings (SSSR count). The zero-order valence-corrected chi connectivity index (χ0v) is 15.1. The molecule has 7 heteroatoms. The van der Waals surface area contributed by atoms with Gasteiger partial charge in [0.15, 0.2) is 5.65 Å². The molecule has 2 aromatic heterocycles. The molecular weight excluding hydrogens is 354 g/mol. The molecule has 0 aliphatic carbocycles. The Morgan fingerprint density at radius 2 is 1.86 bits per heavy atom. The number of hydrogen-bond donors (Lipinski definition) is 3. The van der Waals surface area contributed by atoms with E-state index >= 15 is 0 Å². The van der Waals surface area contributed by atoms with Gasteiger partial charge < -0.3 is 16.0 Å². The number of hydrogen-bond acceptors (Lipinski definition) is 4. The minimum absolute atomic E-state index is 0.283. The molecule has 0 spiro atoms. The molecule has 4 aromatic rings. The molecule has 0 atom stereocenters. The number of nitrogens with two attached hydrogens (primary N) is 1. The summed E-state index contributed by atoms with van der Waals surface area (Å²) in [5.41, 5.74) is 9.44. The van der Waals surface area contributed by atoms with E-state index in [2.05, 4.69) is 20.3 Å². The Morgan fingerprint density at radius 1 is 1.07 bits per heavy atom. The largest absolute Gasteiger partial charge is 0.366 e. The lowest BCUT2D eigenvalue weighted by molar-refractivity contribution is 0.1000. The fourth-order valence-corrected chi connectivity index (χ4v) is 2.92. The van der Waals surface area contributed by atoms with Crippen molar-refractivity contribution in [3.8, 4) is 11.4 Å². The van der Waals surface area contributed by atoms with Crippen LogP contribution in [0.4, 0.5) is 5.69 Å². The van der Waals surface area contributed by atoms with Crippen LogP contribution in [0.1, 0.15) is 26.3 Å². The average molecular weight is 371 g/mol. The average Bonchev–Trinajstić information content (AvgIpc) is 3.12. The number of carbonyl (C=O) groups is 2. The second-order valence-electron chi connectivity index (χ2n) is 6.39. The molecule has 2 amide bonds.